The average molecular weight is 483 g/mol. The maximum Gasteiger partial charge on any atom is 0.251 e. The summed E-state index contributed by atoms with van der Waals surface area (Å²) in [6, 6.07) is 7.97. The normalized spacial score (nSPS) is 32.4. The van der Waals surface area contributed by atoms with Gasteiger partial charge in [-0.2, -0.15) is 0 Å². The van der Waals surface area contributed by atoms with E-state index in [4.69, 9.17) is 0 Å². The first kappa shape index (κ1) is 26.2. The first-order chi connectivity index (χ1) is 16.2. The number of hydrogen-bond acceptors (Lipinski definition) is 3. The molecule has 2 amide bonds. The Hall–Kier alpha value is -1.88. The number of likely N-dealkylation sites (tertiary alicyclic amines) is 1. The van der Waals surface area contributed by atoms with Crippen LogP contribution in [0.15, 0.2) is 24.3 Å². The van der Waals surface area contributed by atoms with Crippen molar-refractivity contribution in [3.05, 3.63) is 35.4 Å². The number of aliphatic hydroxyl groups is 1. The van der Waals surface area contributed by atoms with Crippen LogP contribution in [0.3, 0.4) is 0 Å². The van der Waals surface area contributed by atoms with Crippen LogP contribution < -0.4 is 5.32 Å². The summed E-state index contributed by atoms with van der Waals surface area (Å²) in [5.74, 6) is 0.480. The van der Waals surface area contributed by atoms with Gasteiger partial charge in [-0.25, -0.2) is 0 Å². The van der Waals surface area contributed by atoms with E-state index in [0.717, 1.165) is 51.6 Å². The van der Waals surface area contributed by atoms with Crippen molar-refractivity contribution in [3.63, 3.8) is 0 Å². The lowest BCUT2D eigenvalue weighted by Gasteiger charge is -2.51. The van der Waals surface area contributed by atoms with Crippen LogP contribution in [0.2, 0.25) is 0 Å². The largest absolute Gasteiger partial charge is 0.390 e. The molecular formula is C30H46N2O3. The first-order valence-corrected chi connectivity index (χ1v) is 13.7. The monoisotopic (exact) mass is 482 g/mol. The van der Waals surface area contributed by atoms with Crippen LogP contribution in [-0.4, -0.2) is 46.6 Å². The fraction of sp³-hybridized carbons (Fsp3) is 0.733. The van der Waals surface area contributed by atoms with E-state index in [9.17, 15) is 14.7 Å². The quantitative estimate of drug-likeness (QED) is 0.586. The summed E-state index contributed by atoms with van der Waals surface area (Å²) < 4.78 is 0. The van der Waals surface area contributed by atoms with Gasteiger partial charge in [-0.3, -0.25) is 9.59 Å². The highest BCUT2D eigenvalue weighted by Gasteiger charge is 2.61. The fourth-order valence-corrected chi connectivity index (χ4v) is 7.26. The van der Waals surface area contributed by atoms with Gasteiger partial charge in [0.15, 0.2) is 0 Å². The molecule has 4 rings (SSSR count). The van der Waals surface area contributed by atoms with E-state index < -0.39 is 5.60 Å². The molecule has 1 heterocycles. The van der Waals surface area contributed by atoms with E-state index in [1.807, 2.05) is 24.0 Å². The minimum absolute atomic E-state index is 0.000212. The van der Waals surface area contributed by atoms with Crippen LogP contribution in [-0.2, 0) is 10.2 Å². The summed E-state index contributed by atoms with van der Waals surface area (Å²) in [4.78, 5) is 28.5. The van der Waals surface area contributed by atoms with Crippen LogP contribution in [0.1, 0.15) is 109 Å². The molecule has 3 aliphatic rings. The Balaban J connectivity index is 1.57. The summed E-state index contributed by atoms with van der Waals surface area (Å²) in [5, 5.41) is 14.4. The lowest BCUT2D eigenvalue weighted by molar-refractivity contribution is -0.132. The third-order valence-corrected chi connectivity index (χ3v) is 9.42. The van der Waals surface area contributed by atoms with E-state index in [2.05, 4.69) is 52.1 Å². The molecule has 2 aliphatic carbocycles. The second-order valence-corrected chi connectivity index (χ2v) is 13.6. The second-order valence-electron chi connectivity index (χ2n) is 13.6. The molecule has 2 saturated carbocycles. The predicted octanol–water partition coefficient (Wildman–Crippen LogP) is 5.45. The second kappa shape index (κ2) is 9.21. The molecule has 0 radical (unpaired) electrons. The van der Waals surface area contributed by atoms with Crippen LogP contribution in [0.25, 0.3) is 0 Å². The smallest absolute Gasteiger partial charge is 0.251 e. The number of benzene rings is 1. The van der Waals surface area contributed by atoms with Gasteiger partial charge in [-0.1, -0.05) is 46.8 Å². The lowest BCUT2D eigenvalue weighted by atomic mass is 9.57. The Morgan fingerprint density at radius 3 is 2.26 bits per heavy atom. The van der Waals surface area contributed by atoms with Crippen molar-refractivity contribution in [1.29, 1.82) is 0 Å². The minimum Gasteiger partial charge on any atom is -0.390 e. The number of carbonyl (C=O) groups is 2. The molecule has 0 spiro atoms. The molecule has 5 nitrogen and oxygen atoms in total. The zero-order valence-corrected chi connectivity index (χ0v) is 22.7. The van der Waals surface area contributed by atoms with Crippen LogP contribution in [0.5, 0.6) is 0 Å². The topological polar surface area (TPSA) is 69.6 Å². The maximum atomic E-state index is 13.4. The lowest BCUT2D eigenvalue weighted by Crippen LogP contribution is -2.52. The molecule has 0 bridgehead atoms. The van der Waals surface area contributed by atoms with E-state index in [0.29, 0.717) is 18.4 Å². The van der Waals surface area contributed by atoms with Gasteiger partial charge >= 0.3 is 0 Å². The third-order valence-electron chi connectivity index (χ3n) is 9.42. The zero-order chi connectivity index (χ0) is 25.6. The molecule has 5 heteroatoms. The van der Waals surface area contributed by atoms with Crippen molar-refractivity contribution in [2.45, 2.75) is 110 Å². The van der Waals surface area contributed by atoms with Crippen molar-refractivity contribution in [2.75, 3.05) is 13.1 Å². The Morgan fingerprint density at radius 1 is 1.03 bits per heavy atom. The molecule has 0 aromatic heterocycles. The highest BCUT2D eigenvalue weighted by molar-refractivity contribution is 5.94. The maximum absolute atomic E-state index is 13.4. The highest BCUT2D eigenvalue weighted by atomic mass is 16.3. The molecule has 194 valence electrons. The van der Waals surface area contributed by atoms with E-state index in [-0.39, 0.29) is 40.0 Å². The Bertz CT molecular complexity index is 937. The van der Waals surface area contributed by atoms with Crippen LogP contribution in [0.4, 0.5) is 0 Å². The Morgan fingerprint density at radius 2 is 1.66 bits per heavy atom. The van der Waals surface area contributed by atoms with Crippen molar-refractivity contribution in [1.82, 2.24) is 10.2 Å². The summed E-state index contributed by atoms with van der Waals surface area (Å²) in [6.45, 7) is 14.8. The number of carbonyl (C=O) groups excluding carboxylic acids is 2. The first-order valence-electron chi connectivity index (χ1n) is 13.7. The third kappa shape index (κ3) is 5.30. The minimum atomic E-state index is -0.688. The molecule has 2 N–H and O–H groups in total. The van der Waals surface area contributed by atoms with E-state index >= 15 is 0 Å². The fourth-order valence-electron chi connectivity index (χ4n) is 7.26. The summed E-state index contributed by atoms with van der Waals surface area (Å²) >= 11 is 0. The van der Waals surface area contributed by atoms with Gasteiger partial charge in [-0.05, 0) is 91.7 Å². The van der Waals surface area contributed by atoms with Gasteiger partial charge in [0.25, 0.3) is 5.91 Å². The van der Waals surface area contributed by atoms with Gasteiger partial charge in [0, 0.05) is 31.1 Å². The molecule has 1 aliphatic heterocycles. The molecular weight excluding hydrogens is 436 g/mol. The van der Waals surface area contributed by atoms with Crippen molar-refractivity contribution < 1.29 is 14.7 Å². The number of nitrogens with zero attached hydrogens (tertiary/aromatic N) is 1. The molecule has 35 heavy (non-hydrogen) atoms. The summed E-state index contributed by atoms with van der Waals surface area (Å²) in [6.07, 6.45) is 6.66. The van der Waals surface area contributed by atoms with Gasteiger partial charge in [-0.15, -0.1) is 0 Å². The van der Waals surface area contributed by atoms with Crippen LogP contribution in [0, 0.1) is 16.7 Å². The molecule has 1 aromatic carbocycles. The molecule has 3 fully saturated rings. The molecule has 1 aromatic rings. The Kier molecular flexibility index (Phi) is 6.89. The Labute approximate surface area is 212 Å². The van der Waals surface area contributed by atoms with Crippen molar-refractivity contribution in [3.8, 4) is 0 Å². The van der Waals surface area contributed by atoms with E-state index in [1.165, 1.54) is 5.56 Å². The van der Waals surface area contributed by atoms with Gasteiger partial charge < -0.3 is 15.3 Å². The number of fused-ring (bicyclic) bond motifs is 1. The number of rotatable bonds is 5. The van der Waals surface area contributed by atoms with Gasteiger partial charge in [0.05, 0.1) is 5.60 Å². The summed E-state index contributed by atoms with van der Waals surface area (Å²) in [5.41, 5.74) is 1.07. The van der Waals surface area contributed by atoms with E-state index in [1.54, 1.807) is 0 Å². The number of hydrogen-bond donors (Lipinski definition) is 2. The van der Waals surface area contributed by atoms with Crippen LogP contribution >= 0.6 is 0 Å². The van der Waals surface area contributed by atoms with Gasteiger partial charge in [0.2, 0.25) is 5.91 Å². The highest BCUT2D eigenvalue weighted by Crippen LogP contribution is 2.64. The predicted molar refractivity (Wildman–Crippen MR) is 140 cm³/mol. The summed E-state index contributed by atoms with van der Waals surface area (Å²) in [7, 11) is 0. The number of amides is 2. The van der Waals surface area contributed by atoms with Crippen molar-refractivity contribution in [2.24, 2.45) is 16.7 Å². The zero-order valence-electron chi connectivity index (χ0n) is 22.7. The molecule has 1 saturated heterocycles. The number of nitrogens with one attached hydrogen (secondary N) is 1. The molecule has 4 atom stereocenters. The SMILES string of the molecule is CC(C)(C)c1ccc(C(=O)N[C@H]2CC(C)(C)[C@@H]3C[C@@](C)(O)CC[C@]23CCC(=O)N2CCCC2)cc1. The standard InChI is InChI=1S/C30H46N2O3/c1-27(2,3)22-11-9-21(10-12-22)26(34)31-24-20-28(4,5)23-19-29(6,35)15-16-30(23,24)14-13-25(33)32-17-7-8-18-32/h9-12,23-24,35H,7-8,13-20H2,1-6H3,(H,31,34)/t23-,24-,29-,30-/m0/s1. The molecule has 0 unspecified atom stereocenters. The van der Waals surface area contributed by atoms with Crippen molar-refractivity contribution >= 4 is 11.8 Å². The average Bonchev–Trinajstić information content (AvgIpc) is 3.38. The van der Waals surface area contributed by atoms with Gasteiger partial charge in [0.1, 0.15) is 0 Å².